The van der Waals surface area contributed by atoms with Crippen LogP contribution in [-0.4, -0.2) is 43.8 Å². The maximum absolute atomic E-state index is 14.0. The number of benzene rings is 3. The zero-order valence-corrected chi connectivity index (χ0v) is 24.9. The maximum atomic E-state index is 14.0. The van der Waals surface area contributed by atoms with Crippen molar-refractivity contribution in [2.45, 2.75) is 50.7 Å². The van der Waals surface area contributed by atoms with Crippen LogP contribution in [0.15, 0.2) is 77.7 Å². The number of carbonyl (C=O) groups is 2. The van der Waals surface area contributed by atoms with Crippen molar-refractivity contribution in [2.75, 3.05) is 10.8 Å². The summed E-state index contributed by atoms with van der Waals surface area (Å²) >= 11 is 19.1. The third kappa shape index (κ3) is 7.45. The number of sulfonamides is 1. The standard InChI is InChI=1S/C28H30Cl3N3O4S/c1-4-24(28(36)32-19(2)3)33(17-20-11-8-9-14-22(20)29)26(35)18-34(25-16-10-15-23(30)27(25)31)39(37,38)21-12-6-5-7-13-21/h5-16,19,24H,4,17-18H2,1-3H3,(H,32,36)/t24-/m1/s1. The second-order valence-corrected chi connectivity index (χ2v) is 12.2. The van der Waals surface area contributed by atoms with E-state index in [0.29, 0.717) is 10.6 Å². The molecular weight excluding hydrogens is 581 g/mol. The highest BCUT2D eigenvalue weighted by atomic mass is 35.5. The first-order valence-corrected chi connectivity index (χ1v) is 14.9. The number of nitrogens with zero attached hydrogens (tertiary/aromatic N) is 2. The van der Waals surface area contributed by atoms with Gasteiger partial charge in [-0.3, -0.25) is 13.9 Å². The Hall–Kier alpha value is -2.78. The van der Waals surface area contributed by atoms with Crippen molar-refractivity contribution in [1.82, 2.24) is 10.2 Å². The Morgan fingerprint density at radius 2 is 1.49 bits per heavy atom. The van der Waals surface area contributed by atoms with Gasteiger partial charge in [0.05, 0.1) is 20.6 Å². The highest BCUT2D eigenvalue weighted by molar-refractivity contribution is 7.92. The van der Waals surface area contributed by atoms with Gasteiger partial charge in [0.15, 0.2) is 0 Å². The lowest BCUT2D eigenvalue weighted by molar-refractivity contribution is -0.140. The molecule has 2 amide bonds. The molecule has 7 nitrogen and oxygen atoms in total. The molecule has 0 aliphatic heterocycles. The Labute approximate surface area is 244 Å². The summed E-state index contributed by atoms with van der Waals surface area (Å²) in [5.41, 5.74) is 0.653. The summed E-state index contributed by atoms with van der Waals surface area (Å²) < 4.78 is 28.6. The summed E-state index contributed by atoms with van der Waals surface area (Å²) in [5.74, 6) is -0.970. The number of halogens is 3. The van der Waals surface area contributed by atoms with E-state index in [4.69, 9.17) is 34.8 Å². The monoisotopic (exact) mass is 609 g/mol. The summed E-state index contributed by atoms with van der Waals surface area (Å²) in [7, 11) is -4.26. The second kappa shape index (κ2) is 13.5. The SMILES string of the molecule is CC[C@H](C(=O)NC(C)C)N(Cc1ccccc1Cl)C(=O)CN(c1cccc(Cl)c1Cl)S(=O)(=O)c1ccccc1. The van der Waals surface area contributed by atoms with Gasteiger partial charge in [-0.1, -0.05) is 84.2 Å². The van der Waals surface area contributed by atoms with Crippen LogP contribution in [0.25, 0.3) is 0 Å². The zero-order chi connectivity index (χ0) is 28.7. The van der Waals surface area contributed by atoms with Gasteiger partial charge in [0, 0.05) is 17.6 Å². The van der Waals surface area contributed by atoms with Crippen molar-refractivity contribution in [3.63, 3.8) is 0 Å². The Morgan fingerprint density at radius 1 is 0.872 bits per heavy atom. The predicted octanol–water partition coefficient (Wildman–Crippen LogP) is 6.17. The third-order valence-corrected chi connectivity index (χ3v) is 8.88. The molecule has 1 N–H and O–H groups in total. The molecule has 3 aromatic carbocycles. The smallest absolute Gasteiger partial charge is 0.264 e. The molecular formula is C28H30Cl3N3O4S. The number of hydrogen-bond acceptors (Lipinski definition) is 4. The molecule has 0 aromatic heterocycles. The molecule has 0 aliphatic rings. The predicted molar refractivity (Wildman–Crippen MR) is 157 cm³/mol. The van der Waals surface area contributed by atoms with Gasteiger partial charge in [-0.05, 0) is 56.2 Å². The van der Waals surface area contributed by atoms with Crippen LogP contribution < -0.4 is 9.62 Å². The minimum absolute atomic E-state index is 0.00890. The summed E-state index contributed by atoms with van der Waals surface area (Å²) in [4.78, 5) is 28.5. The first-order valence-electron chi connectivity index (χ1n) is 12.3. The molecule has 0 spiro atoms. The van der Waals surface area contributed by atoms with Crippen LogP contribution in [0.5, 0.6) is 0 Å². The van der Waals surface area contributed by atoms with Crippen LogP contribution >= 0.6 is 34.8 Å². The molecule has 0 fully saturated rings. The van der Waals surface area contributed by atoms with Crippen molar-refractivity contribution in [1.29, 1.82) is 0 Å². The zero-order valence-electron chi connectivity index (χ0n) is 21.8. The van der Waals surface area contributed by atoms with Crippen molar-refractivity contribution in [3.8, 4) is 0 Å². The Bertz CT molecular complexity index is 1420. The molecule has 0 heterocycles. The molecule has 3 rings (SSSR count). The van der Waals surface area contributed by atoms with Gasteiger partial charge in [0.2, 0.25) is 11.8 Å². The molecule has 3 aromatic rings. The lowest BCUT2D eigenvalue weighted by Crippen LogP contribution is -2.53. The number of hydrogen-bond donors (Lipinski definition) is 1. The van der Waals surface area contributed by atoms with Crippen molar-refractivity contribution in [2.24, 2.45) is 0 Å². The normalized spacial score (nSPS) is 12.2. The van der Waals surface area contributed by atoms with E-state index in [-0.39, 0.29) is 45.5 Å². The Kier molecular flexibility index (Phi) is 10.7. The van der Waals surface area contributed by atoms with Gasteiger partial charge in [-0.25, -0.2) is 8.42 Å². The first-order chi connectivity index (χ1) is 18.5. The van der Waals surface area contributed by atoms with E-state index in [1.807, 2.05) is 13.8 Å². The lowest BCUT2D eigenvalue weighted by atomic mass is 10.1. The van der Waals surface area contributed by atoms with Crippen LogP contribution in [0.2, 0.25) is 15.1 Å². The largest absolute Gasteiger partial charge is 0.352 e. The van der Waals surface area contributed by atoms with Crippen LogP contribution in [0.1, 0.15) is 32.8 Å². The summed E-state index contributed by atoms with van der Waals surface area (Å²) in [6, 6.07) is 18.2. The van der Waals surface area contributed by atoms with E-state index >= 15 is 0 Å². The topological polar surface area (TPSA) is 86.8 Å². The van der Waals surface area contributed by atoms with Gasteiger partial charge in [-0.15, -0.1) is 0 Å². The van der Waals surface area contributed by atoms with Crippen LogP contribution in [-0.2, 0) is 26.2 Å². The molecule has 0 radical (unpaired) electrons. The van der Waals surface area contributed by atoms with E-state index in [1.165, 1.54) is 29.2 Å². The summed E-state index contributed by atoms with van der Waals surface area (Å²) in [5, 5.41) is 3.38. The molecule has 208 valence electrons. The van der Waals surface area contributed by atoms with E-state index in [1.54, 1.807) is 55.5 Å². The van der Waals surface area contributed by atoms with E-state index in [9.17, 15) is 18.0 Å². The van der Waals surface area contributed by atoms with Crippen LogP contribution in [0.4, 0.5) is 5.69 Å². The minimum Gasteiger partial charge on any atom is -0.352 e. The molecule has 0 bridgehead atoms. The van der Waals surface area contributed by atoms with Gasteiger partial charge < -0.3 is 10.2 Å². The van der Waals surface area contributed by atoms with Gasteiger partial charge in [-0.2, -0.15) is 0 Å². The van der Waals surface area contributed by atoms with Crippen molar-refractivity contribution >= 4 is 62.3 Å². The van der Waals surface area contributed by atoms with Crippen molar-refractivity contribution in [3.05, 3.63) is 93.4 Å². The quantitative estimate of drug-likeness (QED) is 0.281. The van der Waals surface area contributed by atoms with Gasteiger partial charge >= 0.3 is 0 Å². The van der Waals surface area contributed by atoms with E-state index < -0.39 is 28.5 Å². The number of amides is 2. The average Bonchev–Trinajstić information content (AvgIpc) is 2.90. The fourth-order valence-electron chi connectivity index (χ4n) is 4.03. The third-order valence-electron chi connectivity index (χ3n) is 5.93. The minimum atomic E-state index is -4.26. The molecule has 39 heavy (non-hydrogen) atoms. The number of nitrogens with one attached hydrogen (secondary N) is 1. The highest BCUT2D eigenvalue weighted by Crippen LogP contribution is 2.35. The molecule has 0 saturated carbocycles. The molecule has 0 saturated heterocycles. The van der Waals surface area contributed by atoms with E-state index in [2.05, 4.69) is 5.32 Å². The number of carbonyl (C=O) groups excluding carboxylic acids is 2. The van der Waals surface area contributed by atoms with Crippen LogP contribution in [0, 0.1) is 0 Å². The van der Waals surface area contributed by atoms with E-state index in [0.717, 1.165) is 4.31 Å². The maximum Gasteiger partial charge on any atom is 0.264 e. The van der Waals surface area contributed by atoms with Gasteiger partial charge in [0.25, 0.3) is 10.0 Å². The lowest BCUT2D eigenvalue weighted by Gasteiger charge is -2.34. The fourth-order valence-corrected chi connectivity index (χ4v) is 6.12. The molecule has 0 unspecified atom stereocenters. The number of anilines is 1. The molecule has 0 aliphatic carbocycles. The first kappa shape index (κ1) is 30.8. The number of rotatable bonds is 11. The molecule has 1 atom stereocenters. The van der Waals surface area contributed by atoms with Crippen LogP contribution in [0.3, 0.4) is 0 Å². The highest BCUT2D eigenvalue weighted by Gasteiger charge is 2.35. The fraction of sp³-hybridized carbons (Fsp3) is 0.286. The van der Waals surface area contributed by atoms with Gasteiger partial charge in [0.1, 0.15) is 12.6 Å². The summed E-state index contributed by atoms with van der Waals surface area (Å²) in [6.07, 6.45) is 0.290. The molecule has 11 heteroatoms. The second-order valence-electron chi connectivity index (χ2n) is 9.10. The Morgan fingerprint density at radius 3 is 2.10 bits per heavy atom. The van der Waals surface area contributed by atoms with Crippen molar-refractivity contribution < 1.29 is 18.0 Å². The summed E-state index contributed by atoms with van der Waals surface area (Å²) in [6.45, 7) is 4.78. The Balaban J connectivity index is 2.11. The average molecular weight is 611 g/mol.